The fourth-order valence-electron chi connectivity index (χ4n) is 3.72. The zero-order chi connectivity index (χ0) is 24.3. The van der Waals surface area contributed by atoms with Crippen LogP contribution in [0.15, 0.2) is 53.4 Å². The molecule has 1 fully saturated rings. The summed E-state index contributed by atoms with van der Waals surface area (Å²) in [7, 11) is -2.45. The van der Waals surface area contributed by atoms with Crippen molar-refractivity contribution in [1.82, 2.24) is 13.7 Å². The van der Waals surface area contributed by atoms with Crippen molar-refractivity contribution in [2.75, 3.05) is 38.2 Å². The number of benzene rings is 2. The van der Waals surface area contributed by atoms with Crippen LogP contribution in [0.1, 0.15) is 23.4 Å². The first-order valence-electron chi connectivity index (χ1n) is 10.5. The molecule has 1 aromatic heterocycles. The molecule has 2 heterocycles. The first-order chi connectivity index (χ1) is 16.2. The number of alkyl halides is 3. The van der Waals surface area contributed by atoms with Gasteiger partial charge in [-0.25, -0.2) is 13.4 Å². The Morgan fingerprint density at radius 3 is 2.62 bits per heavy atom. The van der Waals surface area contributed by atoms with Crippen molar-refractivity contribution in [3.8, 4) is 5.75 Å². The molecule has 0 N–H and O–H groups in total. The second kappa shape index (κ2) is 9.88. The third kappa shape index (κ3) is 5.50. The minimum Gasteiger partial charge on any atom is -0.497 e. The van der Waals surface area contributed by atoms with Crippen LogP contribution in [0.3, 0.4) is 0 Å². The highest BCUT2D eigenvalue weighted by Crippen LogP contribution is 2.31. The highest BCUT2D eigenvalue weighted by Gasteiger charge is 2.33. The molecule has 2 aromatic carbocycles. The van der Waals surface area contributed by atoms with Crippen LogP contribution in [0.25, 0.3) is 0 Å². The summed E-state index contributed by atoms with van der Waals surface area (Å²) in [5.41, 5.74) is 0.0281. The van der Waals surface area contributed by atoms with Gasteiger partial charge in [0, 0.05) is 44.1 Å². The summed E-state index contributed by atoms with van der Waals surface area (Å²) < 4.78 is 76.1. The zero-order valence-electron chi connectivity index (χ0n) is 18.3. The number of hydrogen-bond donors (Lipinski definition) is 0. The number of anilines is 1. The van der Waals surface area contributed by atoms with Gasteiger partial charge in [0.15, 0.2) is 0 Å². The van der Waals surface area contributed by atoms with Crippen molar-refractivity contribution in [1.29, 1.82) is 0 Å². The van der Waals surface area contributed by atoms with E-state index in [9.17, 15) is 21.6 Å². The number of halogens is 3. The lowest BCUT2D eigenvalue weighted by molar-refractivity contribution is -0.137. The minimum atomic E-state index is -4.61. The molecule has 0 radical (unpaired) electrons. The van der Waals surface area contributed by atoms with Crippen LogP contribution in [-0.2, 0) is 22.6 Å². The summed E-state index contributed by atoms with van der Waals surface area (Å²) in [4.78, 5) is 6.22. The van der Waals surface area contributed by atoms with Crippen molar-refractivity contribution >= 4 is 26.7 Å². The SMILES string of the molecule is COc1cccc(Cc2nsc(N3CCCN(S(=O)(=O)c4cccc(C(F)(F)F)c4)CC3)n2)c1. The number of ether oxygens (including phenoxy) is 1. The number of sulfonamides is 1. The van der Waals surface area contributed by atoms with Gasteiger partial charge in [-0.3, -0.25) is 0 Å². The van der Waals surface area contributed by atoms with Gasteiger partial charge in [0.25, 0.3) is 0 Å². The van der Waals surface area contributed by atoms with E-state index in [1.165, 1.54) is 21.9 Å². The number of rotatable bonds is 6. The van der Waals surface area contributed by atoms with Crippen LogP contribution >= 0.6 is 11.5 Å². The number of aromatic nitrogens is 2. The van der Waals surface area contributed by atoms with E-state index in [4.69, 9.17) is 4.74 Å². The van der Waals surface area contributed by atoms with Crippen LogP contribution in [0, 0.1) is 0 Å². The van der Waals surface area contributed by atoms with E-state index in [0.29, 0.717) is 43.0 Å². The molecule has 0 atom stereocenters. The highest BCUT2D eigenvalue weighted by molar-refractivity contribution is 7.89. The maximum atomic E-state index is 13.0. The van der Waals surface area contributed by atoms with Gasteiger partial charge < -0.3 is 9.64 Å². The van der Waals surface area contributed by atoms with Crippen LogP contribution in [-0.4, -0.2) is 55.4 Å². The molecule has 0 bridgehead atoms. The smallest absolute Gasteiger partial charge is 0.416 e. The molecule has 4 rings (SSSR count). The van der Waals surface area contributed by atoms with E-state index in [2.05, 4.69) is 9.36 Å². The van der Waals surface area contributed by atoms with Gasteiger partial charge in [0.05, 0.1) is 17.6 Å². The van der Waals surface area contributed by atoms with Crippen LogP contribution in [0.4, 0.5) is 18.3 Å². The summed E-state index contributed by atoms with van der Waals surface area (Å²) in [5, 5.41) is 0.691. The van der Waals surface area contributed by atoms with Gasteiger partial charge in [-0.2, -0.15) is 21.9 Å². The highest BCUT2D eigenvalue weighted by atomic mass is 32.2. The predicted molar refractivity (Wildman–Crippen MR) is 123 cm³/mol. The Hall–Kier alpha value is -2.70. The minimum absolute atomic E-state index is 0.142. The normalized spacial score (nSPS) is 15.8. The van der Waals surface area contributed by atoms with E-state index in [1.807, 2.05) is 29.2 Å². The number of nitrogens with zero attached hydrogens (tertiary/aromatic N) is 4. The first kappa shape index (κ1) is 24.4. The maximum absolute atomic E-state index is 13.0. The third-order valence-electron chi connectivity index (χ3n) is 5.48. The molecule has 0 amide bonds. The second-order valence-corrected chi connectivity index (χ2v) is 10.5. The molecule has 1 aliphatic heterocycles. The lowest BCUT2D eigenvalue weighted by Crippen LogP contribution is -2.35. The molecule has 182 valence electrons. The summed E-state index contributed by atoms with van der Waals surface area (Å²) in [5.74, 6) is 1.41. The molecule has 0 spiro atoms. The molecule has 34 heavy (non-hydrogen) atoms. The van der Waals surface area contributed by atoms with E-state index in [0.717, 1.165) is 23.4 Å². The van der Waals surface area contributed by atoms with Crippen LogP contribution < -0.4 is 9.64 Å². The molecule has 0 unspecified atom stereocenters. The Labute approximate surface area is 200 Å². The van der Waals surface area contributed by atoms with Crippen molar-refractivity contribution < 1.29 is 26.3 Å². The zero-order valence-corrected chi connectivity index (χ0v) is 20.0. The van der Waals surface area contributed by atoms with Gasteiger partial charge in [0.1, 0.15) is 11.6 Å². The van der Waals surface area contributed by atoms with Crippen molar-refractivity contribution in [3.05, 3.63) is 65.5 Å². The van der Waals surface area contributed by atoms with Crippen LogP contribution in [0.2, 0.25) is 0 Å². The van der Waals surface area contributed by atoms with Gasteiger partial charge >= 0.3 is 6.18 Å². The molecule has 1 aliphatic rings. The number of hydrogen-bond acceptors (Lipinski definition) is 7. The maximum Gasteiger partial charge on any atom is 0.416 e. The largest absolute Gasteiger partial charge is 0.497 e. The molecule has 3 aromatic rings. The fourth-order valence-corrected chi connectivity index (χ4v) is 5.97. The van der Waals surface area contributed by atoms with E-state index in [1.54, 1.807) is 7.11 Å². The van der Waals surface area contributed by atoms with E-state index >= 15 is 0 Å². The molecule has 1 saturated heterocycles. The standard InChI is InChI=1S/C22H23F3N4O3S2/c1-32-18-7-2-5-16(13-18)14-20-26-21(33-27-20)28-9-4-10-29(12-11-28)34(30,31)19-8-3-6-17(15-19)22(23,24)25/h2-3,5-8,13,15H,4,9-12,14H2,1H3. The Morgan fingerprint density at radius 2 is 1.85 bits per heavy atom. The summed E-state index contributed by atoms with van der Waals surface area (Å²) in [6, 6.07) is 11.5. The van der Waals surface area contributed by atoms with Crippen LogP contribution in [0.5, 0.6) is 5.75 Å². The van der Waals surface area contributed by atoms with Crippen molar-refractivity contribution in [2.24, 2.45) is 0 Å². The molecule has 12 heteroatoms. The quantitative estimate of drug-likeness (QED) is 0.496. The summed E-state index contributed by atoms with van der Waals surface area (Å²) >= 11 is 1.24. The summed E-state index contributed by atoms with van der Waals surface area (Å²) in [6.45, 7) is 1.29. The summed E-state index contributed by atoms with van der Waals surface area (Å²) in [6.07, 6.45) is -3.55. The third-order valence-corrected chi connectivity index (χ3v) is 8.19. The average molecular weight is 513 g/mol. The number of methoxy groups -OCH3 is 1. The topological polar surface area (TPSA) is 75.6 Å². The lowest BCUT2D eigenvalue weighted by Gasteiger charge is -2.21. The van der Waals surface area contributed by atoms with Gasteiger partial charge in [0.2, 0.25) is 15.2 Å². The average Bonchev–Trinajstić information content (AvgIpc) is 3.12. The molecular formula is C22H23F3N4O3S2. The van der Waals surface area contributed by atoms with Gasteiger partial charge in [-0.05, 0) is 42.3 Å². The second-order valence-electron chi connectivity index (χ2n) is 7.79. The van der Waals surface area contributed by atoms with E-state index in [-0.39, 0.29) is 18.0 Å². The molecule has 0 aliphatic carbocycles. The Kier molecular flexibility index (Phi) is 7.10. The Bertz CT molecular complexity index is 1250. The molecule has 0 saturated carbocycles. The fraction of sp³-hybridized carbons (Fsp3) is 0.364. The predicted octanol–water partition coefficient (Wildman–Crippen LogP) is 4.06. The monoisotopic (exact) mass is 512 g/mol. The van der Waals surface area contributed by atoms with Gasteiger partial charge in [-0.1, -0.05) is 18.2 Å². The lowest BCUT2D eigenvalue weighted by atomic mass is 10.1. The molecular weight excluding hydrogens is 489 g/mol. The van der Waals surface area contributed by atoms with Crippen molar-refractivity contribution in [2.45, 2.75) is 23.9 Å². The van der Waals surface area contributed by atoms with Crippen molar-refractivity contribution in [3.63, 3.8) is 0 Å². The Morgan fingerprint density at radius 1 is 1.06 bits per heavy atom. The van der Waals surface area contributed by atoms with Gasteiger partial charge in [-0.15, -0.1) is 0 Å². The molecule has 7 nitrogen and oxygen atoms in total. The van der Waals surface area contributed by atoms with E-state index < -0.39 is 21.8 Å². The first-order valence-corrected chi connectivity index (χ1v) is 12.8. The Balaban J connectivity index is 1.44.